The SMILES string of the molecule is CC(C)[O][Ti][CH](CCCN=C=O)CCCN=C=O. The van der Waals surface area contributed by atoms with Gasteiger partial charge in [0.05, 0.1) is 0 Å². The van der Waals surface area contributed by atoms with Crippen molar-refractivity contribution in [3.8, 4) is 0 Å². The van der Waals surface area contributed by atoms with Crippen molar-refractivity contribution in [2.24, 2.45) is 9.98 Å². The van der Waals surface area contributed by atoms with Crippen LogP contribution < -0.4 is 0 Å². The molecule has 0 saturated carbocycles. The molecule has 0 saturated heterocycles. The Kier molecular flexibility index (Phi) is 12.5. The Morgan fingerprint density at radius 1 is 1.06 bits per heavy atom. The minimum absolute atomic E-state index is 0.272. The molecule has 0 amide bonds. The van der Waals surface area contributed by atoms with Crippen molar-refractivity contribution in [2.75, 3.05) is 13.1 Å². The number of carbonyl (C=O) groups excluding carboxylic acids is 2. The molecule has 0 fully saturated rings. The molecule has 0 N–H and O–H groups in total. The standard InChI is InChI=1S/C9H13N2O2.C3H7O.Ti/c12-8-10-6-4-2-1-3-5-7-11-9-13;1-3(2)4;/h1H,2-7H2;3H,1-2H3;/q;-1;+1. The third-order valence-corrected chi connectivity index (χ3v) is 4.62. The summed E-state index contributed by atoms with van der Waals surface area (Å²) in [4.78, 5) is 27.0. The first-order valence-electron chi connectivity index (χ1n) is 6.19. The number of hydrogen-bond acceptors (Lipinski definition) is 5. The Balaban J connectivity index is 3.89. The van der Waals surface area contributed by atoms with Crippen LogP contribution in [0.2, 0.25) is 4.22 Å². The summed E-state index contributed by atoms with van der Waals surface area (Å²) in [5.41, 5.74) is 0. The summed E-state index contributed by atoms with van der Waals surface area (Å²) in [7, 11) is 0. The molecule has 18 heavy (non-hydrogen) atoms. The number of hydrogen-bond donors (Lipinski definition) is 0. The number of nitrogens with zero attached hydrogens (tertiary/aromatic N) is 2. The second-order valence-corrected chi connectivity index (χ2v) is 6.22. The molecule has 100 valence electrons. The van der Waals surface area contributed by atoms with E-state index in [1.54, 1.807) is 12.2 Å². The fraction of sp³-hybridized carbons (Fsp3) is 0.833. The summed E-state index contributed by atoms with van der Waals surface area (Å²) in [5, 5.41) is 0. The van der Waals surface area contributed by atoms with Gasteiger partial charge in [0.25, 0.3) is 0 Å². The Morgan fingerprint density at radius 3 is 1.94 bits per heavy atom. The topological polar surface area (TPSA) is 68.1 Å². The molecule has 0 atom stereocenters. The Morgan fingerprint density at radius 2 is 1.56 bits per heavy atom. The molecule has 0 bridgehead atoms. The van der Waals surface area contributed by atoms with E-state index >= 15 is 0 Å². The van der Waals surface area contributed by atoms with Crippen molar-refractivity contribution in [2.45, 2.75) is 49.9 Å². The Labute approximate surface area is 118 Å². The third kappa shape index (κ3) is 11.9. The summed E-state index contributed by atoms with van der Waals surface area (Å²) in [6, 6.07) is 0. The first-order chi connectivity index (χ1) is 8.70. The first-order valence-corrected chi connectivity index (χ1v) is 7.73. The van der Waals surface area contributed by atoms with E-state index in [0.29, 0.717) is 17.3 Å². The van der Waals surface area contributed by atoms with Gasteiger partial charge in [-0.3, -0.25) is 0 Å². The predicted octanol–water partition coefficient (Wildman–Crippen LogP) is 2.43. The van der Waals surface area contributed by atoms with Gasteiger partial charge in [0.2, 0.25) is 0 Å². The van der Waals surface area contributed by atoms with Gasteiger partial charge in [-0.25, -0.2) is 0 Å². The summed E-state index contributed by atoms with van der Waals surface area (Å²) >= 11 is -0.444. The monoisotopic (exact) mass is 288 g/mol. The summed E-state index contributed by atoms with van der Waals surface area (Å²) in [5.74, 6) is 0. The van der Waals surface area contributed by atoms with Crippen molar-refractivity contribution in [1.29, 1.82) is 0 Å². The van der Waals surface area contributed by atoms with Gasteiger partial charge >= 0.3 is 118 Å². The van der Waals surface area contributed by atoms with Crippen molar-refractivity contribution in [3.63, 3.8) is 0 Å². The van der Waals surface area contributed by atoms with Crippen LogP contribution >= 0.6 is 0 Å². The van der Waals surface area contributed by atoms with Crippen LogP contribution in [0.4, 0.5) is 0 Å². The van der Waals surface area contributed by atoms with E-state index in [-0.39, 0.29) is 6.10 Å². The van der Waals surface area contributed by atoms with E-state index in [0.717, 1.165) is 25.7 Å². The fourth-order valence-electron chi connectivity index (χ4n) is 1.42. The molecule has 0 unspecified atom stereocenters. The van der Waals surface area contributed by atoms with Crippen molar-refractivity contribution in [3.05, 3.63) is 0 Å². The van der Waals surface area contributed by atoms with Gasteiger partial charge in [-0.15, -0.1) is 0 Å². The Hall–Kier alpha value is -0.566. The van der Waals surface area contributed by atoms with Crippen LogP contribution in [0.25, 0.3) is 0 Å². The van der Waals surface area contributed by atoms with Crippen molar-refractivity contribution in [1.82, 2.24) is 0 Å². The van der Waals surface area contributed by atoms with Gasteiger partial charge in [-0.1, -0.05) is 0 Å². The van der Waals surface area contributed by atoms with E-state index in [1.807, 2.05) is 13.8 Å². The molecule has 0 heterocycles. The molecule has 0 radical (unpaired) electrons. The second-order valence-electron chi connectivity index (χ2n) is 4.21. The van der Waals surface area contributed by atoms with Crippen molar-refractivity contribution >= 4 is 12.2 Å². The number of rotatable bonds is 11. The zero-order chi connectivity index (χ0) is 13.6. The van der Waals surface area contributed by atoms with E-state index in [1.165, 1.54) is 0 Å². The van der Waals surface area contributed by atoms with Gasteiger partial charge in [0.15, 0.2) is 0 Å². The molecule has 0 aliphatic carbocycles. The summed E-state index contributed by atoms with van der Waals surface area (Å²) in [6.45, 7) is 5.16. The molecule has 0 aromatic heterocycles. The summed E-state index contributed by atoms with van der Waals surface area (Å²) < 4.78 is 6.28. The van der Waals surface area contributed by atoms with Gasteiger partial charge in [-0.2, -0.15) is 0 Å². The zero-order valence-electron chi connectivity index (χ0n) is 11.0. The van der Waals surface area contributed by atoms with Crippen LogP contribution in [0.3, 0.4) is 0 Å². The van der Waals surface area contributed by atoms with Crippen LogP contribution in [0, 0.1) is 0 Å². The molecule has 6 heteroatoms. The van der Waals surface area contributed by atoms with E-state index in [4.69, 9.17) is 3.32 Å². The second kappa shape index (κ2) is 12.9. The van der Waals surface area contributed by atoms with Gasteiger partial charge in [-0.05, 0) is 0 Å². The molecule has 0 aliphatic rings. The molecule has 0 aromatic rings. The van der Waals surface area contributed by atoms with Gasteiger partial charge in [0.1, 0.15) is 0 Å². The van der Waals surface area contributed by atoms with E-state index in [2.05, 4.69) is 9.98 Å². The van der Waals surface area contributed by atoms with Crippen LogP contribution in [0.15, 0.2) is 9.98 Å². The molecular weight excluding hydrogens is 268 g/mol. The molecule has 0 spiro atoms. The van der Waals surface area contributed by atoms with Crippen LogP contribution in [0.5, 0.6) is 0 Å². The Bertz CT molecular complexity index is 274. The van der Waals surface area contributed by atoms with Crippen molar-refractivity contribution < 1.29 is 32.4 Å². The fourth-order valence-corrected chi connectivity index (χ4v) is 3.15. The molecule has 0 aliphatic heterocycles. The summed E-state index contributed by atoms with van der Waals surface area (Å²) in [6.07, 6.45) is 7.18. The number of isocyanates is 2. The maximum absolute atomic E-state index is 9.95. The van der Waals surface area contributed by atoms with Gasteiger partial charge in [0, 0.05) is 0 Å². The van der Waals surface area contributed by atoms with E-state index in [9.17, 15) is 9.59 Å². The average Bonchev–Trinajstić information content (AvgIpc) is 2.35. The number of aliphatic imine (C=N–C) groups is 2. The molecule has 0 rings (SSSR count). The molecular formula is C12H20N2O3Ti. The van der Waals surface area contributed by atoms with Gasteiger partial charge < -0.3 is 0 Å². The van der Waals surface area contributed by atoms with Crippen LogP contribution in [0.1, 0.15) is 39.5 Å². The predicted molar refractivity (Wildman–Crippen MR) is 64.4 cm³/mol. The molecule has 5 nitrogen and oxygen atoms in total. The average molecular weight is 288 g/mol. The zero-order valence-corrected chi connectivity index (χ0v) is 12.6. The normalized spacial score (nSPS) is 11.5. The quantitative estimate of drug-likeness (QED) is 0.254. The third-order valence-electron chi connectivity index (χ3n) is 2.24. The minimum atomic E-state index is -0.444. The molecule has 0 aromatic carbocycles. The first kappa shape index (κ1) is 17.4. The van der Waals surface area contributed by atoms with Crippen LogP contribution in [-0.4, -0.2) is 31.4 Å². The van der Waals surface area contributed by atoms with Crippen LogP contribution in [-0.2, 0) is 32.4 Å². The maximum atomic E-state index is 9.95. The van der Waals surface area contributed by atoms with E-state index < -0.39 is 19.5 Å².